The van der Waals surface area contributed by atoms with E-state index in [0.29, 0.717) is 12.3 Å². The number of aromatic nitrogens is 2. The number of likely N-dealkylation sites (tertiary alicyclic amines) is 1. The lowest BCUT2D eigenvalue weighted by molar-refractivity contribution is 0.0397. The largest absolute Gasteiger partial charge is 0.491 e. The maximum absolute atomic E-state index is 10.9. The highest BCUT2D eigenvalue weighted by molar-refractivity contribution is 7.13. The number of nitrogens with one attached hydrogen (secondary N) is 1. The molecule has 2 aromatic heterocycles. The molecule has 0 saturated carbocycles. The van der Waals surface area contributed by atoms with Crippen molar-refractivity contribution in [2.24, 2.45) is 0 Å². The van der Waals surface area contributed by atoms with Gasteiger partial charge in [-0.1, -0.05) is 12.5 Å². The van der Waals surface area contributed by atoms with E-state index in [9.17, 15) is 4.79 Å². The average molecular weight is 596 g/mol. The quantitative estimate of drug-likeness (QED) is 0.115. The summed E-state index contributed by atoms with van der Waals surface area (Å²) < 4.78 is 10.9. The van der Waals surface area contributed by atoms with Gasteiger partial charge in [0.25, 0.3) is 0 Å². The maximum Gasteiger partial charge on any atom is 0.169 e. The maximum atomic E-state index is 10.9. The molecule has 0 aliphatic carbocycles. The van der Waals surface area contributed by atoms with E-state index in [1.54, 1.807) is 18.7 Å². The average Bonchev–Trinajstić information content (AvgIpc) is 3.48. The minimum Gasteiger partial charge on any atom is -0.491 e. The van der Waals surface area contributed by atoms with Gasteiger partial charge in [-0.05, 0) is 115 Å². The van der Waals surface area contributed by atoms with Crippen LogP contribution in [-0.2, 0) is 11.2 Å². The van der Waals surface area contributed by atoms with E-state index in [1.807, 2.05) is 39.0 Å². The molecule has 1 aliphatic rings. The lowest BCUT2D eigenvalue weighted by atomic mass is 10.1. The molecular formula is C33H49N5O3S. The van der Waals surface area contributed by atoms with Gasteiger partial charge in [0.05, 0.1) is 17.9 Å². The molecule has 3 heterocycles. The third-order valence-electron chi connectivity index (χ3n) is 7.11. The first kappa shape index (κ1) is 33.5. The summed E-state index contributed by atoms with van der Waals surface area (Å²) in [7, 11) is 1.71. The Kier molecular flexibility index (Phi) is 14.2. The summed E-state index contributed by atoms with van der Waals surface area (Å²) in [4.78, 5) is 22.1. The number of hydrogen-bond acceptors (Lipinski definition) is 9. The predicted octanol–water partition coefficient (Wildman–Crippen LogP) is 7.11. The van der Waals surface area contributed by atoms with Crippen molar-refractivity contribution in [3.05, 3.63) is 53.2 Å². The predicted molar refractivity (Wildman–Crippen MR) is 175 cm³/mol. The summed E-state index contributed by atoms with van der Waals surface area (Å²) in [6.07, 6.45) is 11.9. The van der Waals surface area contributed by atoms with E-state index in [0.717, 1.165) is 66.3 Å². The number of unbranched alkanes of at least 4 members (excludes halogenated alkanes) is 2. The number of benzene rings is 1. The fraction of sp³-hybridized carbons (Fsp3) is 0.545. The number of rotatable bonds is 14. The summed E-state index contributed by atoms with van der Waals surface area (Å²) in [6, 6.07) is 10.1. The Labute approximate surface area is 256 Å². The summed E-state index contributed by atoms with van der Waals surface area (Å²) in [5.74, 6) is 1.60. The highest BCUT2D eigenvalue weighted by Gasteiger charge is 2.10. The Morgan fingerprint density at radius 2 is 1.86 bits per heavy atom. The van der Waals surface area contributed by atoms with Gasteiger partial charge in [0.15, 0.2) is 6.29 Å². The molecule has 3 N–H and O–H groups in total. The van der Waals surface area contributed by atoms with Crippen LogP contribution >= 0.6 is 11.3 Å². The topological polar surface area (TPSA) is 103 Å². The number of nitrogen functional groups attached to an aromatic ring is 1. The Bertz CT molecular complexity index is 1200. The number of piperidine rings is 1. The SMILES string of the molecule is COC(C)(C)C.Nc1cc(CCCN2CCCCC2)ccc1OCCCCCNc1cc(-c2nc(C=O)cs2)ccn1. The van der Waals surface area contributed by atoms with Gasteiger partial charge < -0.3 is 25.4 Å². The van der Waals surface area contributed by atoms with Gasteiger partial charge in [0, 0.05) is 30.8 Å². The summed E-state index contributed by atoms with van der Waals surface area (Å²) in [5, 5.41) is 5.95. The monoisotopic (exact) mass is 595 g/mol. The molecule has 8 nitrogen and oxygen atoms in total. The van der Waals surface area contributed by atoms with Crippen LogP contribution in [0.25, 0.3) is 10.6 Å². The lowest BCUT2D eigenvalue weighted by Crippen LogP contribution is -2.30. The van der Waals surface area contributed by atoms with Gasteiger partial charge in [-0.15, -0.1) is 11.3 Å². The Morgan fingerprint density at radius 1 is 1.07 bits per heavy atom. The molecule has 42 heavy (non-hydrogen) atoms. The highest BCUT2D eigenvalue weighted by atomic mass is 32.1. The molecule has 3 aromatic rings. The van der Waals surface area contributed by atoms with E-state index in [2.05, 4.69) is 32.3 Å². The zero-order valence-corrected chi connectivity index (χ0v) is 26.7. The van der Waals surface area contributed by atoms with Gasteiger partial charge in [0.2, 0.25) is 0 Å². The van der Waals surface area contributed by atoms with Gasteiger partial charge in [-0.2, -0.15) is 0 Å². The number of aryl methyl sites for hydroxylation is 1. The molecule has 1 aliphatic heterocycles. The summed E-state index contributed by atoms with van der Waals surface area (Å²) in [5.41, 5.74) is 9.75. The molecule has 0 unspecified atom stereocenters. The highest BCUT2D eigenvalue weighted by Crippen LogP contribution is 2.25. The molecule has 230 valence electrons. The molecular weight excluding hydrogens is 546 g/mol. The zero-order chi connectivity index (χ0) is 30.2. The van der Waals surface area contributed by atoms with Crippen molar-refractivity contribution in [1.29, 1.82) is 0 Å². The number of pyridine rings is 1. The minimum atomic E-state index is 0.0417. The lowest BCUT2D eigenvalue weighted by Gasteiger charge is -2.26. The van der Waals surface area contributed by atoms with E-state index in [4.69, 9.17) is 15.2 Å². The fourth-order valence-electron chi connectivity index (χ4n) is 4.51. The number of hydrogen-bond donors (Lipinski definition) is 2. The van der Waals surface area contributed by atoms with Crippen LogP contribution in [0.5, 0.6) is 5.75 Å². The first-order valence-corrected chi connectivity index (χ1v) is 16.0. The van der Waals surface area contributed by atoms with Crippen LogP contribution in [0.15, 0.2) is 41.9 Å². The van der Waals surface area contributed by atoms with E-state index in [-0.39, 0.29) is 5.60 Å². The Balaban J connectivity index is 0.000000730. The number of carbonyl (C=O) groups is 1. The number of nitrogens with two attached hydrogens (primary N) is 1. The molecule has 1 aromatic carbocycles. The molecule has 0 radical (unpaired) electrons. The number of carbonyl (C=O) groups excluding carboxylic acids is 1. The van der Waals surface area contributed by atoms with Crippen molar-refractivity contribution in [1.82, 2.24) is 14.9 Å². The second kappa shape index (κ2) is 17.8. The van der Waals surface area contributed by atoms with E-state index < -0.39 is 0 Å². The second-order valence-electron chi connectivity index (χ2n) is 11.7. The second-order valence-corrected chi connectivity index (χ2v) is 12.5. The van der Waals surface area contributed by atoms with E-state index in [1.165, 1.54) is 62.2 Å². The Hall–Kier alpha value is -3.01. The number of aldehydes is 1. The summed E-state index contributed by atoms with van der Waals surface area (Å²) in [6.45, 7) is 11.3. The number of methoxy groups -OCH3 is 1. The standard InChI is InChI=1S/C28H37N5O2S.C5H12O/c29-25-18-22(8-7-16-33-14-4-2-5-15-33)9-10-26(25)35-17-6-1-3-12-30-27-19-23(11-13-31-27)28-32-24(20-34)21-36-28;1-5(2,3)6-4/h9-11,13,18-21H,1-8,12,14-17,29H2,(H,30,31);1-4H3. The molecule has 4 rings (SSSR count). The number of ether oxygens (including phenoxy) is 2. The smallest absolute Gasteiger partial charge is 0.169 e. The van der Waals surface area contributed by atoms with Gasteiger partial charge in [0.1, 0.15) is 22.3 Å². The van der Waals surface area contributed by atoms with Crippen molar-refractivity contribution < 1.29 is 14.3 Å². The van der Waals surface area contributed by atoms with Crippen molar-refractivity contribution >= 4 is 29.1 Å². The third kappa shape index (κ3) is 12.5. The molecule has 1 saturated heterocycles. The van der Waals surface area contributed by atoms with Gasteiger partial charge in [-0.25, -0.2) is 9.97 Å². The van der Waals surface area contributed by atoms with Crippen molar-refractivity contribution in [3.8, 4) is 16.3 Å². The molecule has 1 fully saturated rings. The van der Waals surface area contributed by atoms with Crippen molar-refractivity contribution in [3.63, 3.8) is 0 Å². The molecule has 0 amide bonds. The van der Waals surface area contributed by atoms with Crippen molar-refractivity contribution in [2.75, 3.05) is 50.9 Å². The van der Waals surface area contributed by atoms with Crippen LogP contribution in [0.2, 0.25) is 0 Å². The zero-order valence-electron chi connectivity index (χ0n) is 25.9. The fourth-order valence-corrected chi connectivity index (χ4v) is 5.27. The Morgan fingerprint density at radius 3 is 2.55 bits per heavy atom. The van der Waals surface area contributed by atoms with Crippen LogP contribution < -0.4 is 15.8 Å². The molecule has 0 spiro atoms. The molecule has 0 bridgehead atoms. The molecule has 9 heteroatoms. The van der Waals surface area contributed by atoms with Crippen LogP contribution in [0.3, 0.4) is 0 Å². The van der Waals surface area contributed by atoms with Crippen LogP contribution in [-0.4, -0.2) is 66.7 Å². The number of thiazole rings is 1. The summed E-state index contributed by atoms with van der Waals surface area (Å²) >= 11 is 1.46. The third-order valence-corrected chi connectivity index (χ3v) is 8.02. The van der Waals surface area contributed by atoms with Crippen LogP contribution in [0.1, 0.15) is 81.8 Å². The van der Waals surface area contributed by atoms with Gasteiger partial charge >= 0.3 is 0 Å². The number of nitrogens with zero attached hydrogens (tertiary/aromatic N) is 3. The number of anilines is 2. The molecule has 0 atom stereocenters. The van der Waals surface area contributed by atoms with Crippen molar-refractivity contribution in [2.45, 2.75) is 77.7 Å². The first-order chi connectivity index (χ1) is 20.3. The minimum absolute atomic E-state index is 0.0417. The van der Waals surface area contributed by atoms with Crippen LogP contribution in [0.4, 0.5) is 11.5 Å². The van der Waals surface area contributed by atoms with Gasteiger partial charge in [-0.3, -0.25) is 4.79 Å². The van der Waals surface area contributed by atoms with E-state index >= 15 is 0 Å². The first-order valence-electron chi connectivity index (χ1n) is 15.2. The normalized spacial score (nSPS) is 13.7. The van der Waals surface area contributed by atoms with Crippen LogP contribution in [0, 0.1) is 0 Å².